The molecule has 0 aromatic carbocycles. The van der Waals surface area contributed by atoms with Gasteiger partial charge >= 0.3 is 5.97 Å². The number of amides is 1. The first kappa shape index (κ1) is 14.9. The summed E-state index contributed by atoms with van der Waals surface area (Å²) in [5.74, 6) is -1.05. The summed E-state index contributed by atoms with van der Waals surface area (Å²) in [5.41, 5.74) is 0. The van der Waals surface area contributed by atoms with Crippen LogP contribution in [0.5, 0.6) is 0 Å². The van der Waals surface area contributed by atoms with Gasteiger partial charge in [0.15, 0.2) is 0 Å². The van der Waals surface area contributed by atoms with E-state index in [4.69, 9.17) is 5.11 Å². The quantitative estimate of drug-likeness (QED) is 0.748. The van der Waals surface area contributed by atoms with Crippen LogP contribution >= 0.6 is 11.3 Å². The van der Waals surface area contributed by atoms with Crippen LogP contribution < -0.4 is 5.32 Å². The zero-order chi connectivity index (χ0) is 15.1. The molecule has 0 spiro atoms. The maximum Gasteiger partial charge on any atom is 0.328 e. The van der Waals surface area contributed by atoms with E-state index >= 15 is 0 Å². The lowest BCUT2D eigenvalue weighted by atomic mass is 10.3. The first-order valence-electron chi connectivity index (χ1n) is 6.22. The highest BCUT2D eigenvalue weighted by Gasteiger charge is 2.04. The van der Waals surface area contributed by atoms with E-state index in [0.717, 1.165) is 15.8 Å². The Labute approximate surface area is 124 Å². The highest BCUT2D eigenvalue weighted by Crippen LogP contribution is 2.17. The summed E-state index contributed by atoms with van der Waals surface area (Å²) in [7, 11) is 0. The van der Waals surface area contributed by atoms with E-state index in [1.165, 1.54) is 23.7 Å². The third kappa shape index (κ3) is 5.19. The lowest BCUT2D eigenvalue weighted by molar-refractivity contribution is -0.131. The molecule has 0 atom stereocenters. The first-order chi connectivity index (χ1) is 10.1. The normalized spacial score (nSPS) is 10.9. The second-order valence-corrected chi connectivity index (χ2v) is 5.36. The number of nitrogens with one attached hydrogen (secondary N) is 1. The molecule has 2 aromatic rings. The molecule has 8 heteroatoms. The molecule has 21 heavy (non-hydrogen) atoms. The number of hydrogen-bond acceptors (Lipinski definition) is 5. The number of carboxylic acid groups (broad SMARTS) is 1. The summed E-state index contributed by atoms with van der Waals surface area (Å²) < 4.78 is 1.60. The van der Waals surface area contributed by atoms with E-state index in [9.17, 15) is 9.59 Å². The Bertz CT molecular complexity index is 634. The van der Waals surface area contributed by atoms with Crippen LogP contribution in [0.4, 0.5) is 0 Å². The predicted molar refractivity (Wildman–Crippen MR) is 77.5 cm³/mol. The minimum absolute atomic E-state index is 0.0680. The molecule has 2 N–H and O–H groups in total. The summed E-state index contributed by atoms with van der Waals surface area (Å²) in [4.78, 5) is 27.7. The highest BCUT2D eigenvalue weighted by molar-refractivity contribution is 7.12. The molecule has 0 aliphatic carbocycles. The molecule has 0 saturated carbocycles. The summed E-state index contributed by atoms with van der Waals surface area (Å²) in [6.45, 7) is 0.921. The van der Waals surface area contributed by atoms with Gasteiger partial charge in [-0.15, -0.1) is 11.3 Å². The number of thiophene rings is 1. The van der Waals surface area contributed by atoms with Gasteiger partial charge in [-0.2, -0.15) is 5.10 Å². The third-order valence-corrected chi connectivity index (χ3v) is 3.62. The molecule has 2 rings (SSSR count). The number of rotatable bonds is 7. The molecule has 0 unspecified atom stereocenters. The van der Waals surface area contributed by atoms with Gasteiger partial charge in [0.2, 0.25) is 5.91 Å². The molecule has 0 fully saturated rings. The van der Waals surface area contributed by atoms with E-state index in [1.807, 2.05) is 12.1 Å². The zero-order valence-corrected chi connectivity index (χ0v) is 11.9. The third-order valence-electron chi connectivity index (χ3n) is 2.57. The Hall–Kier alpha value is -2.48. The monoisotopic (exact) mass is 306 g/mol. The molecule has 0 saturated heterocycles. The predicted octanol–water partition coefficient (Wildman–Crippen LogP) is 1.14. The summed E-state index contributed by atoms with van der Waals surface area (Å²) in [5, 5.41) is 15.3. The fraction of sp³-hybridized carbons (Fsp3) is 0.231. The fourth-order valence-corrected chi connectivity index (χ4v) is 2.43. The number of hydrogen-bond donors (Lipinski definition) is 2. The van der Waals surface area contributed by atoms with E-state index in [-0.39, 0.29) is 5.91 Å². The number of aryl methyl sites for hydroxylation is 1. The first-order valence-corrected chi connectivity index (χ1v) is 7.04. The van der Waals surface area contributed by atoms with Gasteiger partial charge in [-0.3, -0.25) is 9.48 Å². The van der Waals surface area contributed by atoms with Gasteiger partial charge in [0.1, 0.15) is 12.7 Å². The van der Waals surface area contributed by atoms with Crippen molar-refractivity contribution in [2.45, 2.75) is 19.5 Å². The van der Waals surface area contributed by atoms with Crippen molar-refractivity contribution in [2.24, 2.45) is 0 Å². The molecule has 110 valence electrons. The zero-order valence-electron chi connectivity index (χ0n) is 11.1. The molecular weight excluding hydrogens is 292 g/mol. The SMILES string of the molecule is O=C(O)C=Cc1ccc(CNC(=O)CCn2cncn2)s1. The molecule has 0 radical (unpaired) electrons. The maximum atomic E-state index is 11.7. The summed E-state index contributed by atoms with van der Waals surface area (Å²) in [6.07, 6.45) is 5.94. The number of aliphatic carboxylic acids is 1. The maximum absolute atomic E-state index is 11.7. The van der Waals surface area contributed by atoms with Crippen molar-refractivity contribution in [2.75, 3.05) is 0 Å². The topological polar surface area (TPSA) is 97.1 Å². The van der Waals surface area contributed by atoms with Crippen LogP contribution in [0.2, 0.25) is 0 Å². The van der Waals surface area contributed by atoms with E-state index < -0.39 is 5.97 Å². The van der Waals surface area contributed by atoms with Crippen molar-refractivity contribution in [3.63, 3.8) is 0 Å². The number of carboxylic acids is 1. The van der Waals surface area contributed by atoms with Crippen LogP contribution in [-0.4, -0.2) is 31.7 Å². The number of nitrogens with zero attached hydrogens (tertiary/aromatic N) is 3. The lowest BCUT2D eigenvalue weighted by Crippen LogP contribution is -2.23. The van der Waals surface area contributed by atoms with E-state index in [0.29, 0.717) is 19.5 Å². The summed E-state index contributed by atoms with van der Waals surface area (Å²) >= 11 is 1.44. The molecule has 0 aliphatic heterocycles. The molecule has 0 bridgehead atoms. The lowest BCUT2D eigenvalue weighted by Gasteiger charge is -2.03. The minimum Gasteiger partial charge on any atom is -0.478 e. The molecule has 2 aromatic heterocycles. The summed E-state index contributed by atoms with van der Waals surface area (Å²) in [6, 6.07) is 3.69. The van der Waals surface area contributed by atoms with Crippen LogP contribution in [0.15, 0.2) is 30.9 Å². The molecule has 0 aliphatic rings. The van der Waals surface area contributed by atoms with Gasteiger partial charge in [-0.1, -0.05) is 0 Å². The molecule has 7 nitrogen and oxygen atoms in total. The van der Waals surface area contributed by atoms with Crippen LogP contribution in [0.25, 0.3) is 6.08 Å². The van der Waals surface area contributed by atoms with Crippen LogP contribution in [0.1, 0.15) is 16.2 Å². The van der Waals surface area contributed by atoms with Gasteiger partial charge in [0.05, 0.1) is 13.1 Å². The van der Waals surface area contributed by atoms with Crippen LogP contribution in [0.3, 0.4) is 0 Å². The van der Waals surface area contributed by atoms with Gasteiger partial charge in [0, 0.05) is 22.3 Å². The highest BCUT2D eigenvalue weighted by atomic mass is 32.1. The average molecular weight is 306 g/mol. The second-order valence-electron chi connectivity index (χ2n) is 4.16. The van der Waals surface area contributed by atoms with Crippen molar-refractivity contribution < 1.29 is 14.7 Å². The van der Waals surface area contributed by atoms with E-state index in [2.05, 4.69) is 15.4 Å². The Morgan fingerprint density at radius 2 is 2.29 bits per heavy atom. The van der Waals surface area contributed by atoms with Gasteiger partial charge in [0.25, 0.3) is 0 Å². The largest absolute Gasteiger partial charge is 0.478 e. The van der Waals surface area contributed by atoms with Crippen molar-refractivity contribution >= 4 is 29.3 Å². The molecule has 2 heterocycles. The van der Waals surface area contributed by atoms with Crippen molar-refractivity contribution in [1.82, 2.24) is 20.1 Å². The number of carbonyl (C=O) groups is 2. The van der Waals surface area contributed by atoms with Crippen molar-refractivity contribution in [1.29, 1.82) is 0 Å². The van der Waals surface area contributed by atoms with Gasteiger partial charge < -0.3 is 10.4 Å². The van der Waals surface area contributed by atoms with Crippen molar-refractivity contribution in [3.8, 4) is 0 Å². The fourth-order valence-electron chi connectivity index (χ4n) is 1.57. The van der Waals surface area contributed by atoms with Gasteiger partial charge in [-0.05, 0) is 18.2 Å². The average Bonchev–Trinajstić information content (AvgIpc) is 3.12. The second kappa shape index (κ2) is 7.34. The standard InChI is InChI=1S/C13H14N4O3S/c18-12(5-6-17-9-14-8-16-17)15-7-11-2-1-10(21-11)3-4-13(19)20/h1-4,8-9H,5-7H2,(H,15,18)(H,19,20). The minimum atomic E-state index is -0.980. The van der Waals surface area contributed by atoms with Crippen molar-refractivity contribution in [3.05, 3.63) is 40.6 Å². The van der Waals surface area contributed by atoms with E-state index in [1.54, 1.807) is 11.0 Å². The number of aromatic nitrogens is 3. The Morgan fingerprint density at radius 1 is 1.43 bits per heavy atom. The Kier molecular flexibility index (Phi) is 5.22. The smallest absolute Gasteiger partial charge is 0.328 e. The molecule has 1 amide bonds. The van der Waals surface area contributed by atoms with Crippen LogP contribution in [0, 0.1) is 0 Å². The molecular formula is C13H14N4O3S. The Balaban J connectivity index is 1.75. The Morgan fingerprint density at radius 3 is 3.00 bits per heavy atom. The van der Waals surface area contributed by atoms with Crippen LogP contribution in [-0.2, 0) is 22.7 Å². The van der Waals surface area contributed by atoms with Gasteiger partial charge in [-0.25, -0.2) is 9.78 Å². The number of carbonyl (C=O) groups excluding carboxylic acids is 1.